The molecule has 0 unspecified atom stereocenters. The summed E-state index contributed by atoms with van der Waals surface area (Å²) in [6.07, 6.45) is -1.66. The van der Waals surface area contributed by atoms with Crippen LogP contribution in [0.4, 0.5) is 28.9 Å². The maximum absolute atomic E-state index is 13.7. The summed E-state index contributed by atoms with van der Waals surface area (Å²) >= 11 is 0. The van der Waals surface area contributed by atoms with Gasteiger partial charge in [0.15, 0.2) is 0 Å². The molecule has 2 heterocycles. The van der Waals surface area contributed by atoms with Gasteiger partial charge in [-0.1, -0.05) is 6.07 Å². The molecule has 1 fully saturated rings. The third-order valence-corrected chi connectivity index (χ3v) is 7.08. The monoisotopic (exact) mass is 559 g/mol. The molecule has 214 valence electrons. The van der Waals surface area contributed by atoms with Crippen molar-refractivity contribution in [3.8, 4) is 0 Å². The SMILES string of the molecule is Cc1ccc(C(=O)Nc2cc(CN3CCC(F)CC3)cc(C(F)(F)F)c2)cc1N(N)/C=C(\N)c1cnn(C)c1C. The Morgan fingerprint density at radius 3 is 2.50 bits per heavy atom. The van der Waals surface area contributed by atoms with Crippen LogP contribution < -0.4 is 21.9 Å². The highest BCUT2D eigenvalue weighted by atomic mass is 19.4. The van der Waals surface area contributed by atoms with E-state index in [4.69, 9.17) is 11.6 Å². The molecule has 0 spiro atoms. The lowest BCUT2D eigenvalue weighted by Gasteiger charge is -2.28. The van der Waals surface area contributed by atoms with E-state index in [2.05, 4.69) is 10.4 Å². The Kier molecular flexibility index (Phi) is 8.50. The Labute approximate surface area is 230 Å². The minimum absolute atomic E-state index is 0.0122. The zero-order valence-electron chi connectivity index (χ0n) is 22.6. The van der Waals surface area contributed by atoms with Crippen LogP contribution in [0.5, 0.6) is 0 Å². The van der Waals surface area contributed by atoms with E-state index in [1.54, 1.807) is 43.0 Å². The predicted octanol–water partition coefficient (Wildman–Crippen LogP) is 4.88. The zero-order valence-corrected chi connectivity index (χ0v) is 22.6. The summed E-state index contributed by atoms with van der Waals surface area (Å²) in [6, 6.07) is 8.28. The van der Waals surface area contributed by atoms with Crippen molar-refractivity contribution in [3.05, 3.63) is 82.3 Å². The van der Waals surface area contributed by atoms with Gasteiger partial charge in [-0.25, -0.2) is 10.2 Å². The molecule has 0 atom stereocenters. The highest BCUT2D eigenvalue weighted by Crippen LogP contribution is 2.33. The Bertz CT molecular complexity index is 1410. The first-order valence-electron chi connectivity index (χ1n) is 12.8. The molecule has 2 aromatic carbocycles. The molecular formula is C28H33F4N7O. The van der Waals surface area contributed by atoms with Gasteiger partial charge in [-0.2, -0.15) is 18.3 Å². The number of nitrogens with two attached hydrogens (primary N) is 2. The van der Waals surface area contributed by atoms with E-state index >= 15 is 0 Å². The fourth-order valence-corrected chi connectivity index (χ4v) is 4.64. The molecule has 3 aromatic rings. The molecule has 1 aliphatic heterocycles. The number of rotatable bonds is 7. The number of aryl methyl sites for hydroxylation is 2. The number of hydrogen-bond acceptors (Lipinski definition) is 6. The molecule has 1 aliphatic rings. The number of carbonyl (C=O) groups excluding carboxylic acids is 1. The number of benzene rings is 2. The van der Waals surface area contributed by atoms with Gasteiger partial charge in [0.1, 0.15) is 6.17 Å². The third-order valence-electron chi connectivity index (χ3n) is 7.08. The summed E-state index contributed by atoms with van der Waals surface area (Å²) in [5, 5.41) is 8.05. The highest BCUT2D eigenvalue weighted by Gasteiger charge is 2.32. The zero-order chi connectivity index (χ0) is 29.2. The van der Waals surface area contributed by atoms with Gasteiger partial charge in [-0.15, -0.1) is 0 Å². The van der Waals surface area contributed by atoms with E-state index in [-0.39, 0.29) is 17.8 Å². The number of hydrogen-bond donors (Lipinski definition) is 3. The van der Waals surface area contributed by atoms with Crippen molar-refractivity contribution in [2.45, 2.75) is 45.6 Å². The van der Waals surface area contributed by atoms with E-state index in [1.807, 2.05) is 11.8 Å². The molecule has 5 N–H and O–H groups in total. The Hall–Kier alpha value is -3.90. The molecule has 0 radical (unpaired) electrons. The number of anilines is 2. The number of halogens is 4. The normalized spacial score (nSPS) is 15.3. The van der Waals surface area contributed by atoms with Gasteiger partial charge >= 0.3 is 6.18 Å². The van der Waals surface area contributed by atoms with E-state index < -0.39 is 23.8 Å². The summed E-state index contributed by atoms with van der Waals surface area (Å²) in [4.78, 5) is 15.0. The molecule has 8 nitrogen and oxygen atoms in total. The maximum Gasteiger partial charge on any atom is 0.416 e. The van der Waals surface area contributed by atoms with Crippen LogP contribution in [0.3, 0.4) is 0 Å². The fourth-order valence-electron chi connectivity index (χ4n) is 4.64. The topological polar surface area (TPSA) is 105 Å². The fraction of sp³-hybridized carbons (Fsp3) is 0.357. The highest BCUT2D eigenvalue weighted by molar-refractivity contribution is 6.05. The predicted molar refractivity (Wildman–Crippen MR) is 147 cm³/mol. The second-order valence-corrected chi connectivity index (χ2v) is 10.1. The van der Waals surface area contributed by atoms with Gasteiger partial charge in [-0.05, 0) is 68.1 Å². The lowest BCUT2D eigenvalue weighted by atomic mass is 10.0. The van der Waals surface area contributed by atoms with Crippen LogP contribution in [0.2, 0.25) is 0 Å². The van der Waals surface area contributed by atoms with Crippen molar-refractivity contribution in [2.75, 3.05) is 23.4 Å². The summed E-state index contributed by atoms with van der Waals surface area (Å²) < 4.78 is 56.2. The number of nitrogens with one attached hydrogen (secondary N) is 1. The number of alkyl halides is 4. The number of piperidine rings is 1. The van der Waals surface area contributed by atoms with E-state index in [1.165, 1.54) is 17.3 Å². The first-order chi connectivity index (χ1) is 18.8. The molecule has 4 rings (SSSR count). The average molecular weight is 560 g/mol. The van der Waals surface area contributed by atoms with Crippen LogP contribution in [0.1, 0.15) is 51.1 Å². The van der Waals surface area contributed by atoms with Gasteiger partial charge in [0, 0.05) is 55.4 Å². The number of likely N-dealkylation sites (tertiary alicyclic amines) is 1. The van der Waals surface area contributed by atoms with Crippen molar-refractivity contribution in [3.63, 3.8) is 0 Å². The summed E-state index contributed by atoms with van der Waals surface area (Å²) in [7, 11) is 1.79. The minimum Gasteiger partial charge on any atom is -0.397 e. The van der Waals surface area contributed by atoms with Crippen molar-refractivity contribution >= 4 is 23.0 Å². The first-order valence-corrected chi connectivity index (χ1v) is 12.8. The standard InChI is InChI=1S/C28H33F4N7O/c1-17-4-5-20(12-26(17)39(34)16-25(33)24-14-35-37(3)18(24)2)27(40)36-23-11-19(10-21(13-23)28(30,31)32)15-38-8-6-22(29)7-9-38/h4-5,10-14,16,22H,6-9,15,33-34H2,1-3H3,(H,36,40)/b25-16-. The van der Waals surface area contributed by atoms with E-state index in [0.29, 0.717) is 48.4 Å². The van der Waals surface area contributed by atoms with Gasteiger partial charge in [0.05, 0.1) is 23.1 Å². The third kappa shape index (κ3) is 6.80. The minimum atomic E-state index is -4.60. The number of carbonyl (C=O) groups is 1. The van der Waals surface area contributed by atoms with Crippen LogP contribution in [-0.2, 0) is 19.8 Å². The molecule has 40 heavy (non-hydrogen) atoms. The van der Waals surface area contributed by atoms with Crippen molar-refractivity contribution in [1.29, 1.82) is 0 Å². The Morgan fingerprint density at radius 2 is 1.88 bits per heavy atom. The number of nitrogens with zero attached hydrogens (tertiary/aromatic N) is 4. The Balaban J connectivity index is 1.56. The van der Waals surface area contributed by atoms with Crippen molar-refractivity contribution in [2.24, 2.45) is 18.6 Å². The molecule has 1 aromatic heterocycles. The van der Waals surface area contributed by atoms with Crippen LogP contribution in [0.15, 0.2) is 48.8 Å². The van der Waals surface area contributed by atoms with Gasteiger partial charge < -0.3 is 11.1 Å². The van der Waals surface area contributed by atoms with Crippen LogP contribution in [0, 0.1) is 13.8 Å². The molecule has 12 heteroatoms. The number of aromatic nitrogens is 2. The maximum atomic E-state index is 13.7. The van der Waals surface area contributed by atoms with Crippen LogP contribution in [-0.4, -0.2) is 39.8 Å². The molecule has 0 bridgehead atoms. The summed E-state index contributed by atoms with van der Waals surface area (Å²) in [5.41, 5.74) is 9.11. The summed E-state index contributed by atoms with van der Waals surface area (Å²) in [6.45, 7) is 4.81. The molecule has 1 amide bonds. The molecule has 0 saturated carbocycles. The van der Waals surface area contributed by atoms with Gasteiger partial charge in [0.25, 0.3) is 5.91 Å². The molecule has 1 saturated heterocycles. The lowest BCUT2D eigenvalue weighted by molar-refractivity contribution is -0.137. The number of hydrazine groups is 1. The van der Waals surface area contributed by atoms with E-state index in [9.17, 15) is 22.4 Å². The second kappa shape index (κ2) is 11.7. The van der Waals surface area contributed by atoms with Gasteiger partial charge in [-0.3, -0.25) is 19.4 Å². The largest absolute Gasteiger partial charge is 0.416 e. The van der Waals surface area contributed by atoms with Crippen LogP contribution in [0.25, 0.3) is 5.70 Å². The first kappa shape index (κ1) is 29.1. The smallest absolute Gasteiger partial charge is 0.397 e. The molecule has 0 aliphatic carbocycles. The second-order valence-electron chi connectivity index (χ2n) is 10.1. The van der Waals surface area contributed by atoms with Crippen molar-refractivity contribution < 1.29 is 22.4 Å². The summed E-state index contributed by atoms with van der Waals surface area (Å²) in [5.74, 6) is 5.66. The van der Waals surface area contributed by atoms with Crippen LogP contribution >= 0.6 is 0 Å². The number of amides is 1. The Morgan fingerprint density at radius 1 is 1.18 bits per heavy atom. The lowest BCUT2D eigenvalue weighted by Crippen LogP contribution is -2.34. The van der Waals surface area contributed by atoms with E-state index in [0.717, 1.165) is 23.4 Å². The average Bonchev–Trinajstić information content (AvgIpc) is 3.23. The van der Waals surface area contributed by atoms with Crippen molar-refractivity contribution in [1.82, 2.24) is 14.7 Å². The molecular weight excluding hydrogens is 526 g/mol. The quantitative estimate of drug-likeness (QED) is 0.217. The van der Waals surface area contributed by atoms with Gasteiger partial charge in [0.2, 0.25) is 0 Å².